The van der Waals surface area contributed by atoms with Gasteiger partial charge < -0.3 is 4.74 Å². The van der Waals surface area contributed by atoms with E-state index in [-0.39, 0.29) is 10.6 Å². The molecule has 5 heteroatoms. The van der Waals surface area contributed by atoms with Gasteiger partial charge in [0, 0.05) is 17.5 Å². The molecular weight excluding hydrogens is 322 g/mol. The van der Waals surface area contributed by atoms with Crippen molar-refractivity contribution in [2.75, 3.05) is 11.9 Å². The number of alkyl halides is 1. The summed E-state index contributed by atoms with van der Waals surface area (Å²) < 4.78 is 5.48. The number of nitro benzene ring substituents is 1. The Labute approximate surface area is 125 Å². The maximum absolute atomic E-state index is 10.6. The fourth-order valence-electron chi connectivity index (χ4n) is 1.83. The van der Waals surface area contributed by atoms with Gasteiger partial charge in [-0.25, -0.2) is 0 Å². The summed E-state index contributed by atoms with van der Waals surface area (Å²) >= 11 is 3.31. The molecule has 0 saturated heterocycles. The van der Waals surface area contributed by atoms with Crippen LogP contribution in [0.5, 0.6) is 5.75 Å². The van der Waals surface area contributed by atoms with E-state index in [4.69, 9.17) is 4.74 Å². The zero-order valence-corrected chi connectivity index (χ0v) is 12.4. The molecule has 104 valence electrons. The summed E-state index contributed by atoms with van der Waals surface area (Å²) in [6.07, 6.45) is 0.747. The van der Waals surface area contributed by atoms with Crippen molar-refractivity contribution in [1.29, 1.82) is 0 Å². The average Bonchev–Trinajstić information content (AvgIpc) is 2.47. The van der Waals surface area contributed by atoms with E-state index in [1.807, 2.05) is 24.3 Å². The summed E-state index contributed by atoms with van der Waals surface area (Å²) in [7, 11) is 0. The van der Waals surface area contributed by atoms with Crippen LogP contribution < -0.4 is 4.74 Å². The molecule has 0 saturated carbocycles. The Morgan fingerprint density at radius 1 is 1.00 bits per heavy atom. The molecule has 0 radical (unpaired) electrons. The molecule has 0 unspecified atom stereocenters. The molecule has 2 aromatic rings. The summed E-state index contributed by atoms with van der Waals surface area (Å²) in [5.41, 5.74) is 2.31. The summed E-state index contributed by atoms with van der Waals surface area (Å²) in [6, 6.07) is 14.5. The lowest BCUT2D eigenvalue weighted by Crippen LogP contribution is -1.97. The molecule has 4 nitrogen and oxygen atoms in total. The van der Waals surface area contributed by atoms with Crippen molar-refractivity contribution in [1.82, 2.24) is 0 Å². The van der Waals surface area contributed by atoms with E-state index in [1.165, 1.54) is 12.1 Å². The normalized spacial score (nSPS) is 10.2. The van der Waals surface area contributed by atoms with Crippen LogP contribution in [-0.4, -0.2) is 16.9 Å². The first kappa shape index (κ1) is 14.5. The third-order valence-corrected chi connectivity index (χ3v) is 3.15. The number of ether oxygens (including phenoxy) is 1. The fraction of sp³-hybridized carbons (Fsp3) is 0.200. The van der Waals surface area contributed by atoms with Crippen molar-refractivity contribution in [2.24, 2.45) is 0 Å². The minimum atomic E-state index is -0.389. The molecule has 0 bridgehead atoms. The standard InChI is InChI=1S/C15H14BrNO3/c16-9-10-20-15-7-3-13(4-8-15)11-12-1-5-14(6-2-12)17(18)19/h1-8H,9-11H2. The lowest BCUT2D eigenvalue weighted by atomic mass is 10.0. The Bertz CT molecular complexity index is 567. The maximum atomic E-state index is 10.6. The molecular formula is C15H14BrNO3. The molecule has 0 aromatic heterocycles. The molecule has 0 fully saturated rings. The molecule has 0 aliphatic heterocycles. The zero-order chi connectivity index (χ0) is 14.4. The molecule has 0 amide bonds. The van der Waals surface area contributed by atoms with Gasteiger partial charge in [0.25, 0.3) is 5.69 Å². The van der Waals surface area contributed by atoms with Crippen molar-refractivity contribution in [2.45, 2.75) is 6.42 Å². The van der Waals surface area contributed by atoms with Crippen LogP contribution in [0.15, 0.2) is 48.5 Å². The third-order valence-electron chi connectivity index (χ3n) is 2.82. The average molecular weight is 336 g/mol. The Morgan fingerprint density at radius 3 is 2.05 bits per heavy atom. The number of nitrogens with zero attached hydrogens (tertiary/aromatic N) is 1. The monoisotopic (exact) mass is 335 g/mol. The van der Waals surface area contributed by atoms with Crippen LogP contribution >= 0.6 is 15.9 Å². The second kappa shape index (κ2) is 7.05. The van der Waals surface area contributed by atoms with Gasteiger partial charge in [-0.05, 0) is 29.7 Å². The van der Waals surface area contributed by atoms with Crippen LogP contribution in [0, 0.1) is 10.1 Å². The van der Waals surface area contributed by atoms with E-state index in [1.54, 1.807) is 12.1 Å². The number of hydrogen-bond acceptors (Lipinski definition) is 3. The van der Waals surface area contributed by atoms with Crippen molar-refractivity contribution >= 4 is 21.6 Å². The van der Waals surface area contributed by atoms with Crippen molar-refractivity contribution < 1.29 is 9.66 Å². The second-order valence-electron chi connectivity index (χ2n) is 4.28. The van der Waals surface area contributed by atoms with Gasteiger partial charge >= 0.3 is 0 Å². The number of rotatable bonds is 6. The molecule has 20 heavy (non-hydrogen) atoms. The van der Waals surface area contributed by atoms with Crippen LogP contribution in [0.2, 0.25) is 0 Å². The Kier molecular flexibility index (Phi) is 5.12. The minimum Gasteiger partial charge on any atom is -0.493 e. The highest BCUT2D eigenvalue weighted by Gasteiger charge is 2.04. The topological polar surface area (TPSA) is 52.4 Å². The molecule has 0 spiro atoms. The van der Waals surface area contributed by atoms with Gasteiger partial charge in [0.05, 0.1) is 11.5 Å². The van der Waals surface area contributed by atoms with Gasteiger partial charge in [0.1, 0.15) is 5.75 Å². The molecule has 0 N–H and O–H groups in total. The predicted octanol–water partition coefficient (Wildman–Crippen LogP) is 3.96. The van der Waals surface area contributed by atoms with Crippen molar-refractivity contribution in [3.63, 3.8) is 0 Å². The van der Waals surface area contributed by atoms with Crippen LogP contribution in [0.4, 0.5) is 5.69 Å². The van der Waals surface area contributed by atoms with Gasteiger partial charge in [0.15, 0.2) is 0 Å². The van der Waals surface area contributed by atoms with E-state index in [0.717, 1.165) is 28.6 Å². The molecule has 0 aliphatic rings. The van der Waals surface area contributed by atoms with E-state index >= 15 is 0 Å². The number of nitro groups is 1. The summed E-state index contributed by atoms with van der Waals surface area (Å²) in [5, 5.41) is 11.4. The van der Waals surface area contributed by atoms with Gasteiger partial charge in [0.2, 0.25) is 0 Å². The predicted molar refractivity (Wildman–Crippen MR) is 81.6 cm³/mol. The highest BCUT2D eigenvalue weighted by atomic mass is 79.9. The molecule has 2 rings (SSSR count). The highest BCUT2D eigenvalue weighted by molar-refractivity contribution is 9.09. The third kappa shape index (κ3) is 4.06. The summed E-state index contributed by atoms with van der Waals surface area (Å²) in [5.74, 6) is 0.844. The smallest absolute Gasteiger partial charge is 0.269 e. The van der Waals surface area contributed by atoms with Crippen LogP contribution in [0.25, 0.3) is 0 Å². The van der Waals surface area contributed by atoms with Gasteiger partial charge in [-0.2, -0.15) is 0 Å². The highest BCUT2D eigenvalue weighted by Crippen LogP contribution is 2.17. The number of benzene rings is 2. The zero-order valence-electron chi connectivity index (χ0n) is 10.8. The minimum absolute atomic E-state index is 0.118. The summed E-state index contributed by atoms with van der Waals surface area (Å²) in [6.45, 7) is 0.641. The molecule has 0 aliphatic carbocycles. The molecule has 0 atom stereocenters. The number of hydrogen-bond donors (Lipinski definition) is 0. The van der Waals surface area contributed by atoms with Crippen LogP contribution in [0.3, 0.4) is 0 Å². The Hall–Kier alpha value is -1.88. The largest absolute Gasteiger partial charge is 0.493 e. The first-order valence-corrected chi connectivity index (χ1v) is 7.32. The SMILES string of the molecule is O=[N+]([O-])c1ccc(Cc2ccc(OCCBr)cc2)cc1. The first-order valence-electron chi connectivity index (χ1n) is 6.20. The Morgan fingerprint density at radius 2 is 1.55 bits per heavy atom. The molecule has 2 aromatic carbocycles. The van der Waals surface area contributed by atoms with Crippen LogP contribution in [0.1, 0.15) is 11.1 Å². The second-order valence-corrected chi connectivity index (χ2v) is 5.07. The van der Waals surface area contributed by atoms with Gasteiger partial charge in [-0.3, -0.25) is 10.1 Å². The first-order chi connectivity index (χ1) is 9.69. The quantitative estimate of drug-likeness (QED) is 0.456. The van der Waals surface area contributed by atoms with E-state index in [2.05, 4.69) is 15.9 Å². The maximum Gasteiger partial charge on any atom is 0.269 e. The number of halogens is 1. The van der Waals surface area contributed by atoms with Crippen molar-refractivity contribution in [3.8, 4) is 5.75 Å². The molecule has 0 heterocycles. The van der Waals surface area contributed by atoms with Crippen LogP contribution in [-0.2, 0) is 6.42 Å². The summed E-state index contributed by atoms with van der Waals surface area (Å²) in [4.78, 5) is 10.2. The van der Waals surface area contributed by atoms with E-state index in [9.17, 15) is 10.1 Å². The lowest BCUT2D eigenvalue weighted by molar-refractivity contribution is -0.384. The van der Waals surface area contributed by atoms with E-state index < -0.39 is 0 Å². The van der Waals surface area contributed by atoms with Crippen molar-refractivity contribution in [3.05, 3.63) is 69.8 Å². The van der Waals surface area contributed by atoms with Gasteiger partial charge in [-0.15, -0.1) is 0 Å². The lowest BCUT2D eigenvalue weighted by Gasteiger charge is -2.06. The fourth-order valence-corrected chi connectivity index (χ4v) is 1.99. The Balaban J connectivity index is 2.00. The van der Waals surface area contributed by atoms with Gasteiger partial charge in [-0.1, -0.05) is 40.2 Å². The van der Waals surface area contributed by atoms with E-state index in [0.29, 0.717) is 6.61 Å². The number of non-ortho nitro benzene ring substituents is 1.